The minimum absolute atomic E-state index is 0.179. The van der Waals surface area contributed by atoms with Crippen LogP contribution < -0.4 is 4.90 Å². The highest BCUT2D eigenvalue weighted by Crippen LogP contribution is 2.30. The zero-order chi connectivity index (χ0) is 19.5. The summed E-state index contributed by atoms with van der Waals surface area (Å²) in [5.41, 5.74) is 2.57. The summed E-state index contributed by atoms with van der Waals surface area (Å²) in [6, 6.07) is 10.2. The lowest BCUT2D eigenvalue weighted by molar-refractivity contribution is -0.0376. The van der Waals surface area contributed by atoms with Crippen molar-refractivity contribution in [3.8, 4) is 6.07 Å². The molecule has 2 aromatic rings. The third-order valence-corrected chi connectivity index (χ3v) is 5.91. The van der Waals surface area contributed by atoms with E-state index < -0.39 is 0 Å². The third-order valence-electron chi connectivity index (χ3n) is 5.91. The van der Waals surface area contributed by atoms with E-state index in [1.807, 2.05) is 12.1 Å². The van der Waals surface area contributed by atoms with Crippen LogP contribution in [0.2, 0.25) is 0 Å². The fourth-order valence-corrected chi connectivity index (χ4v) is 4.44. The van der Waals surface area contributed by atoms with Crippen LogP contribution in [0.25, 0.3) is 10.9 Å². The van der Waals surface area contributed by atoms with Crippen LogP contribution in [0.15, 0.2) is 30.5 Å². The first kappa shape index (κ1) is 19.1. The molecular weight excluding hydrogens is 350 g/mol. The summed E-state index contributed by atoms with van der Waals surface area (Å²) in [6.07, 6.45) is 2.13. The molecule has 2 fully saturated rings. The minimum Gasteiger partial charge on any atom is -0.370 e. The average molecular weight is 380 g/mol. The Morgan fingerprint density at radius 1 is 1.14 bits per heavy atom. The van der Waals surface area contributed by atoms with Crippen molar-refractivity contribution >= 4 is 16.6 Å². The van der Waals surface area contributed by atoms with Gasteiger partial charge in [0.05, 0.1) is 23.3 Å². The van der Waals surface area contributed by atoms with Gasteiger partial charge >= 0.3 is 0 Å². The zero-order valence-electron chi connectivity index (χ0n) is 16.8. The summed E-state index contributed by atoms with van der Waals surface area (Å²) in [5, 5.41) is 10.5. The van der Waals surface area contributed by atoms with Crippen LogP contribution in [0.1, 0.15) is 19.4 Å². The van der Waals surface area contributed by atoms with E-state index >= 15 is 0 Å². The molecule has 148 valence electrons. The first-order valence-corrected chi connectivity index (χ1v) is 10.3. The summed E-state index contributed by atoms with van der Waals surface area (Å²) >= 11 is 0. The molecule has 0 amide bonds. The fraction of sp³-hybridized carbons (Fsp3) is 0.545. The number of ether oxygens (including phenoxy) is 1. The Kier molecular flexibility index (Phi) is 5.77. The van der Waals surface area contributed by atoms with E-state index in [4.69, 9.17) is 4.74 Å². The molecule has 0 unspecified atom stereocenters. The monoisotopic (exact) mass is 379 g/mol. The second-order valence-corrected chi connectivity index (χ2v) is 7.85. The molecule has 0 aliphatic carbocycles. The number of morpholine rings is 1. The summed E-state index contributed by atoms with van der Waals surface area (Å²) in [4.78, 5) is 11.9. The Labute approximate surface area is 167 Å². The van der Waals surface area contributed by atoms with Gasteiger partial charge in [0, 0.05) is 63.1 Å². The molecule has 1 aromatic carbocycles. The molecule has 6 heteroatoms. The van der Waals surface area contributed by atoms with Crippen molar-refractivity contribution in [1.82, 2.24) is 14.8 Å². The van der Waals surface area contributed by atoms with E-state index in [0.717, 1.165) is 68.9 Å². The molecule has 2 aliphatic rings. The van der Waals surface area contributed by atoms with Crippen molar-refractivity contribution in [1.29, 1.82) is 5.26 Å². The smallest absolute Gasteiger partial charge is 0.101 e. The molecule has 2 atom stereocenters. The molecule has 6 nitrogen and oxygen atoms in total. The second-order valence-electron chi connectivity index (χ2n) is 7.85. The number of likely N-dealkylation sites (N-methyl/N-ethyl adjacent to an activating group) is 1. The van der Waals surface area contributed by atoms with Crippen LogP contribution in [0.5, 0.6) is 0 Å². The Morgan fingerprint density at radius 2 is 1.93 bits per heavy atom. The Hall–Kier alpha value is -2.20. The molecule has 0 N–H and O–H groups in total. The number of aromatic nitrogens is 1. The van der Waals surface area contributed by atoms with E-state index in [1.165, 1.54) is 0 Å². The molecule has 2 saturated heterocycles. The largest absolute Gasteiger partial charge is 0.370 e. The highest BCUT2D eigenvalue weighted by atomic mass is 16.5. The van der Waals surface area contributed by atoms with E-state index in [-0.39, 0.29) is 12.2 Å². The number of hydrogen-bond donors (Lipinski definition) is 0. The van der Waals surface area contributed by atoms with Gasteiger partial charge in [-0.2, -0.15) is 5.26 Å². The number of nitrogens with zero attached hydrogens (tertiary/aromatic N) is 5. The predicted octanol–water partition coefficient (Wildman–Crippen LogP) is 2.34. The van der Waals surface area contributed by atoms with Crippen LogP contribution in [0.3, 0.4) is 0 Å². The number of benzene rings is 1. The van der Waals surface area contributed by atoms with Crippen LogP contribution in [0.4, 0.5) is 5.69 Å². The molecule has 0 saturated carbocycles. The van der Waals surface area contributed by atoms with Crippen LogP contribution in [-0.4, -0.2) is 79.3 Å². The number of nitriles is 1. The van der Waals surface area contributed by atoms with Crippen molar-refractivity contribution in [2.45, 2.75) is 26.1 Å². The standard InChI is InChI=1S/C22H29N5O/c1-3-25-9-11-26(12-10-25)15-19-16-27(14-17(2)28-19)21-7-6-18(13-23)22-20(21)5-4-8-24-22/h4-8,17,19H,3,9-12,14-16H2,1-2H3/t17-,19-/m1/s1. The Bertz CT molecular complexity index is 856. The zero-order valence-corrected chi connectivity index (χ0v) is 16.8. The van der Waals surface area contributed by atoms with Gasteiger partial charge in [0.25, 0.3) is 0 Å². The Balaban J connectivity index is 1.51. The van der Waals surface area contributed by atoms with Gasteiger partial charge in [-0.1, -0.05) is 6.92 Å². The van der Waals surface area contributed by atoms with Crippen molar-refractivity contribution in [3.63, 3.8) is 0 Å². The van der Waals surface area contributed by atoms with E-state index in [2.05, 4.69) is 51.7 Å². The predicted molar refractivity (Wildman–Crippen MR) is 112 cm³/mol. The summed E-state index contributed by atoms with van der Waals surface area (Å²) in [6.45, 7) is 12.8. The van der Waals surface area contributed by atoms with Gasteiger partial charge in [-0.3, -0.25) is 9.88 Å². The SMILES string of the molecule is CCN1CCN(C[C@@H]2CN(c3ccc(C#N)c4ncccc34)C[C@@H](C)O2)CC1. The molecule has 28 heavy (non-hydrogen) atoms. The third kappa shape index (κ3) is 3.97. The van der Waals surface area contributed by atoms with Crippen LogP contribution in [-0.2, 0) is 4.74 Å². The Morgan fingerprint density at radius 3 is 2.68 bits per heavy atom. The van der Waals surface area contributed by atoms with Gasteiger partial charge in [0.1, 0.15) is 6.07 Å². The summed E-state index contributed by atoms with van der Waals surface area (Å²) < 4.78 is 6.29. The molecule has 1 aromatic heterocycles. The van der Waals surface area contributed by atoms with E-state index in [9.17, 15) is 5.26 Å². The highest BCUT2D eigenvalue weighted by molar-refractivity contribution is 5.95. The number of fused-ring (bicyclic) bond motifs is 1. The van der Waals surface area contributed by atoms with Gasteiger partial charge in [-0.15, -0.1) is 0 Å². The van der Waals surface area contributed by atoms with Crippen molar-refractivity contribution in [3.05, 3.63) is 36.0 Å². The molecule has 0 spiro atoms. The van der Waals surface area contributed by atoms with Gasteiger partial charge < -0.3 is 14.5 Å². The fourth-order valence-electron chi connectivity index (χ4n) is 4.44. The maximum Gasteiger partial charge on any atom is 0.101 e. The number of rotatable bonds is 4. The molecule has 0 bridgehead atoms. The molecule has 3 heterocycles. The molecule has 4 rings (SSSR count). The highest BCUT2D eigenvalue weighted by Gasteiger charge is 2.29. The summed E-state index contributed by atoms with van der Waals surface area (Å²) in [5.74, 6) is 0. The normalized spacial score (nSPS) is 24.4. The lowest BCUT2D eigenvalue weighted by Gasteiger charge is -2.42. The number of piperazine rings is 1. The lowest BCUT2D eigenvalue weighted by atomic mass is 10.1. The maximum absolute atomic E-state index is 9.41. The maximum atomic E-state index is 9.41. The van der Waals surface area contributed by atoms with Crippen molar-refractivity contribution in [2.75, 3.05) is 57.3 Å². The van der Waals surface area contributed by atoms with E-state index in [1.54, 1.807) is 6.20 Å². The first-order valence-electron chi connectivity index (χ1n) is 10.3. The molecular formula is C22H29N5O. The van der Waals surface area contributed by atoms with Crippen molar-refractivity contribution < 1.29 is 4.74 Å². The topological polar surface area (TPSA) is 55.6 Å². The summed E-state index contributed by atoms with van der Waals surface area (Å²) in [7, 11) is 0. The molecule has 2 aliphatic heterocycles. The second kappa shape index (κ2) is 8.44. The number of hydrogen-bond acceptors (Lipinski definition) is 6. The quantitative estimate of drug-likeness (QED) is 0.813. The van der Waals surface area contributed by atoms with Crippen molar-refractivity contribution in [2.24, 2.45) is 0 Å². The van der Waals surface area contributed by atoms with Gasteiger partial charge in [-0.05, 0) is 37.7 Å². The molecule has 0 radical (unpaired) electrons. The first-order chi connectivity index (χ1) is 13.7. The number of anilines is 1. The van der Waals surface area contributed by atoms with Gasteiger partial charge in [0.15, 0.2) is 0 Å². The van der Waals surface area contributed by atoms with E-state index in [0.29, 0.717) is 5.56 Å². The van der Waals surface area contributed by atoms with Crippen LogP contribution in [0, 0.1) is 11.3 Å². The van der Waals surface area contributed by atoms with Gasteiger partial charge in [-0.25, -0.2) is 0 Å². The van der Waals surface area contributed by atoms with Crippen LogP contribution >= 0.6 is 0 Å². The van der Waals surface area contributed by atoms with Gasteiger partial charge in [0.2, 0.25) is 0 Å². The lowest BCUT2D eigenvalue weighted by Crippen LogP contribution is -2.54. The number of pyridine rings is 1. The average Bonchev–Trinajstić information content (AvgIpc) is 2.73. The minimum atomic E-state index is 0.179.